The highest BCUT2D eigenvalue weighted by atomic mass is 31.2. The van der Waals surface area contributed by atoms with Gasteiger partial charge in [-0.1, -0.05) is 214 Å². The van der Waals surface area contributed by atoms with Gasteiger partial charge in [-0.2, -0.15) is 0 Å². The molecular formula is C55H96NO8P. The van der Waals surface area contributed by atoms with Crippen LogP contribution < -0.4 is 5.73 Å². The Labute approximate surface area is 398 Å². The number of phosphoric ester groups is 1. The van der Waals surface area contributed by atoms with Crippen LogP contribution in [0.5, 0.6) is 0 Å². The van der Waals surface area contributed by atoms with Gasteiger partial charge in [-0.15, -0.1) is 0 Å². The molecule has 0 saturated heterocycles. The van der Waals surface area contributed by atoms with Crippen molar-refractivity contribution in [2.24, 2.45) is 5.73 Å². The highest BCUT2D eigenvalue weighted by molar-refractivity contribution is 7.47. The van der Waals surface area contributed by atoms with E-state index in [0.29, 0.717) is 6.42 Å². The Balaban J connectivity index is 4.11. The minimum absolute atomic E-state index is 0.0384. The van der Waals surface area contributed by atoms with Crippen LogP contribution in [0.15, 0.2) is 85.1 Å². The van der Waals surface area contributed by atoms with Gasteiger partial charge in [-0.3, -0.25) is 18.6 Å². The van der Waals surface area contributed by atoms with Crippen molar-refractivity contribution in [1.29, 1.82) is 0 Å². The van der Waals surface area contributed by atoms with Crippen molar-refractivity contribution in [2.45, 2.75) is 225 Å². The van der Waals surface area contributed by atoms with Crippen LogP contribution in [-0.2, 0) is 32.7 Å². The topological polar surface area (TPSA) is 134 Å². The Bertz CT molecular complexity index is 1340. The number of unbranched alkanes of at least 4 members (excludes halogenated alkanes) is 21. The Morgan fingerprint density at radius 1 is 0.477 bits per heavy atom. The minimum Gasteiger partial charge on any atom is -0.462 e. The zero-order valence-electron chi connectivity index (χ0n) is 41.4. The molecule has 0 aliphatic heterocycles. The average Bonchev–Trinajstić information content (AvgIpc) is 3.30. The van der Waals surface area contributed by atoms with E-state index >= 15 is 0 Å². The van der Waals surface area contributed by atoms with E-state index in [-0.39, 0.29) is 32.6 Å². The maximum absolute atomic E-state index is 12.6. The molecule has 3 N–H and O–H groups in total. The normalized spacial score (nSPS) is 13.8. The SMILES string of the molecule is CC/C=C\C/C=C\C/C=C\C/C=C\C/C=C\C/C=C\CCC(=O)OC(COC(=O)CCCCCCCCCCCCCCC/C=C\CCCCCCCCCC)COP(=O)(O)OCCN. The lowest BCUT2D eigenvalue weighted by Crippen LogP contribution is -2.29. The van der Waals surface area contributed by atoms with E-state index in [1.807, 2.05) is 12.2 Å². The van der Waals surface area contributed by atoms with Gasteiger partial charge in [0.15, 0.2) is 6.10 Å². The predicted octanol–water partition coefficient (Wildman–Crippen LogP) is 16.0. The van der Waals surface area contributed by atoms with Crippen LogP contribution in [0, 0.1) is 0 Å². The molecule has 0 spiro atoms. The molecule has 0 fully saturated rings. The minimum atomic E-state index is -4.41. The van der Waals surface area contributed by atoms with Gasteiger partial charge in [0.1, 0.15) is 6.61 Å². The molecule has 0 aliphatic rings. The third kappa shape index (κ3) is 50.4. The van der Waals surface area contributed by atoms with Gasteiger partial charge in [-0.25, -0.2) is 4.57 Å². The molecule has 374 valence electrons. The van der Waals surface area contributed by atoms with Gasteiger partial charge in [0.05, 0.1) is 13.2 Å². The van der Waals surface area contributed by atoms with Crippen LogP contribution in [0.3, 0.4) is 0 Å². The van der Waals surface area contributed by atoms with Crippen molar-refractivity contribution in [3.63, 3.8) is 0 Å². The number of hydrogen-bond donors (Lipinski definition) is 2. The Kier molecular flexibility index (Phi) is 48.4. The summed E-state index contributed by atoms with van der Waals surface area (Å²) in [5.41, 5.74) is 5.36. The number of phosphoric acid groups is 1. The van der Waals surface area contributed by atoms with Crippen LogP contribution in [0.25, 0.3) is 0 Å². The second-order valence-corrected chi connectivity index (χ2v) is 18.5. The first-order valence-electron chi connectivity index (χ1n) is 26.1. The lowest BCUT2D eigenvalue weighted by Gasteiger charge is -2.19. The zero-order valence-corrected chi connectivity index (χ0v) is 42.3. The second kappa shape index (κ2) is 50.6. The van der Waals surface area contributed by atoms with E-state index in [4.69, 9.17) is 24.3 Å². The monoisotopic (exact) mass is 930 g/mol. The van der Waals surface area contributed by atoms with E-state index in [2.05, 4.69) is 86.8 Å². The molecule has 0 bridgehead atoms. The highest BCUT2D eigenvalue weighted by Gasteiger charge is 2.25. The van der Waals surface area contributed by atoms with Crippen molar-refractivity contribution < 1.29 is 37.6 Å². The Hall–Kier alpha value is -2.81. The van der Waals surface area contributed by atoms with Crippen molar-refractivity contribution in [2.75, 3.05) is 26.4 Å². The molecule has 2 unspecified atom stereocenters. The summed E-state index contributed by atoms with van der Waals surface area (Å²) in [7, 11) is -4.41. The van der Waals surface area contributed by atoms with Gasteiger partial charge in [-0.05, 0) is 77.0 Å². The van der Waals surface area contributed by atoms with Gasteiger partial charge in [0.2, 0.25) is 0 Å². The summed E-state index contributed by atoms with van der Waals surface area (Å²) in [4.78, 5) is 35.0. The maximum atomic E-state index is 12.6. The standard InChI is InChI=1S/C55H96NO8P/c1-3-5-7-9-11-13-15-17-19-21-23-24-25-26-27-28-30-31-33-35-37-39-41-43-45-47-54(57)61-51-53(52-63-65(59,60)62-50-49-56)64-55(58)48-46-44-42-40-38-36-34-32-29-22-20-18-16-14-12-10-8-6-4-2/h6,8,12,14,18,20-21,23,29,32,36,38,42,44,53H,3-5,7,9-11,13,15-17,19,22,24-28,30-31,33-35,37,39-41,43,45-52,56H2,1-2H3,(H,59,60)/b8-6-,14-12-,20-18-,23-21-,32-29-,38-36-,44-42-. The first-order chi connectivity index (χ1) is 31.8. The maximum Gasteiger partial charge on any atom is 0.472 e. The highest BCUT2D eigenvalue weighted by Crippen LogP contribution is 2.43. The van der Waals surface area contributed by atoms with E-state index in [1.54, 1.807) is 0 Å². The number of nitrogens with two attached hydrogens (primary N) is 1. The van der Waals surface area contributed by atoms with E-state index in [0.717, 1.165) is 57.8 Å². The zero-order chi connectivity index (χ0) is 47.4. The number of carbonyl (C=O) groups is 2. The molecule has 10 heteroatoms. The van der Waals surface area contributed by atoms with Gasteiger partial charge in [0, 0.05) is 19.4 Å². The molecular weight excluding hydrogens is 834 g/mol. The summed E-state index contributed by atoms with van der Waals surface area (Å²) in [6, 6.07) is 0. The summed E-state index contributed by atoms with van der Waals surface area (Å²) in [6.45, 7) is 3.54. The summed E-state index contributed by atoms with van der Waals surface area (Å²) in [5, 5.41) is 0. The van der Waals surface area contributed by atoms with Crippen LogP contribution in [-0.4, -0.2) is 49.3 Å². The molecule has 65 heavy (non-hydrogen) atoms. The molecule has 2 atom stereocenters. The lowest BCUT2D eigenvalue weighted by molar-refractivity contribution is -0.161. The first-order valence-corrected chi connectivity index (χ1v) is 27.6. The summed E-state index contributed by atoms with van der Waals surface area (Å²) in [6.07, 6.45) is 65.1. The first kappa shape index (κ1) is 62.2. The van der Waals surface area contributed by atoms with Crippen LogP contribution in [0.4, 0.5) is 0 Å². The molecule has 0 rings (SSSR count). The van der Waals surface area contributed by atoms with Crippen molar-refractivity contribution in [1.82, 2.24) is 0 Å². The summed E-state index contributed by atoms with van der Waals surface area (Å²) in [5.74, 6) is -0.927. The summed E-state index contributed by atoms with van der Waals surface area (Å²) < 4.78 is 32.8. The molecule has 0 radical (unpaired) electrons. The third-order valence-electron chi connectivity index (χ3n) is 10.8. The molecule has 0 aliphatic carbocycles. The molecule has 0 aromatic carbocycles. The van der Waals surface area contributed by atoms with Crippen LogP contribution >= 0.6 is 7.82 Å². The smallest absolute Gasteiger partial charge is 0.462 e. The number of allylic oxidation sites excluding steroid dienone is 14. The number of hydrogen-bond acceptors (Lipinski definition) is 8. The lowest BCUT2D eigenvalue weighted by atomic mass is 10.0. The van der Waals surface area contributed by atoms with Crippen LogP contribution in [0.1, 0.15) is 219 Å². The van der Waals surface area contributed by atoms with Gasteiger partial charge in [0.25, 0.3) is 0 Å². The Morgan fingerprint density at radius 2 is 0.877 bits per heavy atom. The molecule has 0 saturated carbocycles. The summed E-state index contributed by atoms with van der Waals surface area (Å²) >= 11 is 0. The molecule has 0 aromatic heterocycles. The van der Waals surface area contributed by atoms with Crippen molar-refractivity contribution in [3.8, 4) is 0 Å². The number of esters is 2. The van der Waals surface area contributed by atoms with E-state index in [9.17, 15) is 19.0 Å². The molecule has 9 nitrogen and oxygen atoms in total. The number of rotatable bonds is 48. The van der Waals surface area contributed by atoms with E-state index in [1.165, 1.54) is 128 Å². The van der Waals surface area contributed by atoms with Gasteiger partial charge >= 0.3 is 19.8 Å². The fraction of sp³-hybridized carbons (Fsp3) is 0.709. The van der Waals surface area contributed by atoms with Crippen molar-refractivity contribution >= 4 is 19.8 Å². The number of carbonyl (C=O) groups excluding carboxylic acids is 2. The van der Waals surface area contributed by atoms with Crippen LogP contribution in [0.2, 0.25) is 0 Å². The largest absolute Gasteiger partial charge is 0.472 e. The fourth-order valence-corrected chi connectivity index (χ4v) is 7.72. The third-order valence-corrected chi connectivity index (χ3v) is 11.8. The predicted molar refractivity (Wildman–Crippen MR) is 275 cm³/mol. The number of ether oxygens (including phenoxy) is 2. The van der Waals surface area contributed by atoms with Gasteiger partial charge < -0.3 is 20.1 Å². The Morgan fingerprint density at radius 3 is 1.32 bits per heavy atom. The average molecular weight is 930 g/mol. The molecule has 0 heterocycles. The second-order valence-electron chi connectivity index (χ2n) is 17.0. The van der Waals surface area contributed by atoms with E-state index < -0.39 is 32.5 Å². The quantitative estimate of drug-likeness (QED) is 0.0265. The fourth-order valence-electron chi connectivity index (χ4n) is 6.95. The molecule has 0 amide bonds. The van der Waals surface area contributed by atoms with Crippen molar-refractivity contribution in [3.05, 3.63) is 85.1 Å². The molecule has 0 aromatic rings.